The molecule has 168 valence electrons. The van der Waals surface area contributed by atoms with Gasteiger partial charge in [0.05, 0.1) is 38.1 Å². The molecule has 0 saturated carbocycles. The van der Waals surface area contributed by atoms with Crippen LogP contribution in [0.3, 0.4) is 0 Å². The normalized spacial score (nSPS) is 22.4. The standard InChI is InChI=1S/C28H26O5/c1-31-27(29)24-18-33-26-22(16-14-20-11-7-4-8-12-20)21(15-13-19-9-5-3-6-10-19)17-23(26)25(24)28(30)32-2/h3-17,21-22,26H,18H2,1-2H3/b15-13+,16-14+/t21-,22+,26-/m1/s1. The number of benzene rings is 2. The minimum Gasteiger partial charge on any atom is -0.466 e. The van der Waals surface area contributed by atoms with Gasteiger partial charge in [-0.15, -0.1) is 0 Å². The fourth-order valence-electron chi connectivity index (χ4n) is 4.28. The number of hydrogen-bond donors (Lipinski definition) is 0. The van der Waals surface area contributed by atoms with Gasteiger partial charge in [0.15, 0.2) is 0 Å². The molecule has 0 radical (unpaired) electrons. The fourth-order valence-corrected chi connectivity index (χ4v) is 4.28. The smallest absolute Gasteiger partial charge is 0.338 e. The van der Waals surface area contributed by atoms with Crippen molar-refractivity contribution in [3.8, 4) is 0 Å². The van der Waals surface area contributed by atoms with Crippen LogP contribution in [-0.2, 0) is 23.8 Å². The lowest BCUT2D eigenvalue weighted by Gasteiger charge is -2.29. The van der Waals surface area contributed by atoms with E-state index in [9.17, 15) is 9.59 Å². The SMILES string of the molecule is COC(=O)C1=C(C(=O)OC)C2=C[C@@H](/C=C/c3ccccc3)[C@H](/C=C/c3ccccc3)[C@H]2OC1. The van der Waals surface area contributed by atoms with E-state index < -0.39 is 11.9 Å². The van der Waals surface area contributed by atoms with E-state index in [1.54, 1.807) is 0 Å². The van der Waals surface area contributed by atoms with E-state index in [1.807, 2.05) is 66.7 Å². The van der Waals surface area contributed by atoms with Crippen LogP contribution in [0, 0.1) is 11.8 Å². The van der Waals surface area contributed by atoms with Crippen molar-refractivity contribution in [2.75, 3.05) is 20.8 Å². The highest BCUT2D eigenvalue weighted by atomic mass is 16.5. The summed E-state index contributed by atoms with van der Waals surface area (Å²) in [6.45, 7) is -0.0100. The highest BCUT2D eigenvalue weighted by Crippen LogP contribution is 2.43. The first kappa shape index (κ1) is 22.5. The van der Waals surface area contributed by atoms with Crippen LogP contribution in [0.1, 0.15) is 11.1 Å². The predicted molar refractivity (Wildman–Crippen MR) is 127 cm³/mol. The second-order valence-corrected chi connectivity index (χ2v) is 7.88. The minimum atomic E-state index is -0.589. The summed E-state index contributed by atoms with van der Waals surface area (Å²) in [5.41, 5.74) is 3.25. The molecule has 1 aliphatic heterocycles. The van der Waals surface area contributed by atoms with Gasteiger partial charge in [-0.1, -0.05) is 91.0 Å². The van der Waals surface area contributed by atoms with Crippen molar-refractivity contribution in [2.24, 2.45) is 11.8 Å². The molecule has 0 fully saturated rings. The Morgan fingerprint density at radius 1 is 0.848 bits per heavy atom. The first-order valence-corrected chi connectivity index (χ1v) is 10.8. The summed E-state index contributed by atoms with van der Waals surface area (Å²) < 4.78 is 16.0. The highest BCUT2D eigenvalue weighted by Gasteiger charge is 2.43. The summed E-state index contributed by atoms with van der Waals surface area (Å²) in [7, 11) is 2.60. The second-order valence-electron chi connectivity index (χ2n) is 7.88. The third kappa shape index (κ3) is 4.89. The van der Waals surface area contributed by atoms with Gasteiger partial charge in [0, 0.05) is 11.8 Å². The number of ether oxygens (including phenoxy) is 3. The molecular formula is C28H26O5. The predicted octanol–water partition coefficient (Wildman–Crippen LogP) is 4.63. The first-order valence-electron chi connectivity index (χ1n) is 10.8. The Morgan fingerprint density at radius 2 is 1.42 bits per heavy atom. The Labute approximate surface area is 193 Å². The molecular weight excluding hydrogens is 416 g/mol. The van der Waals surface area contributed by atoms with Crippen LogP contribution in [0.2, 0.25) is 0 Å². The number of methoxy groups -OCH3 is 2. The topological polar surface area (TPSA) is 61.8 Å². The zero-order chi connectivity index (χ0) is 23.2. The average Bonchev–Trinajstić information content (AvgIpc) is 3.23. The molecule has 0 N–H and O–H groups in total. The van der Waals surface area contributed by atoms with Gasteiger partial charge in [0.1, 0.15) is 0 Å². The Bertz CT molecular complexity index is 1130. The van der Waals surface area contributed by atoms with Gasteiger partial charge < -0.3 is 14.2 Å². The van der Waals surface area contributed by atoms with Gasteiger partial charge in [-0.05, 0) is 16.7 Å². The third-order valence-electron chi connectivity index (χ3n) is 5.91. The summed E-state index contributed by atoms with van der Waals surface area (Å²) in [5.74, 6) is -1.25. The van der Waals surface area contributed by atoms with Crippen LogP contribution < -0.4 is 0 Å². The fraction of sp³-hybridized carbons (Fsp3) is 0.214. The summed E-state index contributed by atoms with van der Waals surface area (Å²) in [4.78, 5) is 25.0. The van der Waals surface area contributed by atoms with Crippen molar-refractivity contribution < 1.29 is 23.8 Å². The van der Waals surface area contributed by atoms with Crippen LogP contribution in [0.25, 0.3) is 12.2 Å². The molecule has 0 amide bonds. The molecule has 0 bridgehead atoms. The van der Waals surface area contributed by atoms with Crippen molar-refractivity contribution in [3.63, 3.8) is 0 Å². The van der Waals surface area contributed by atoms with Crippen molar-refractivity contribution in [2.45, 2.75) is 6.10 Å². The first-order chi connectivity index (χ1) is 16.1. The number of esters is 2. The number of rotatable bonds is 6. The van der Waals surface area contributed by atoms with Crippen LogP contribution >= 0.6 is 0 Å². The minimum absolute atomic E-state index is 0.0100. The summed E-state index contributed by atoms with van der Waals surface area (Å²) >= 11 is 0. The van der Waals surface area contributed by atoms with E-state index in [-0.39, 0.29) is 35.7 Å². The Hall–Kier alpha value is -3.70. The van der Waals surface area contributed by atoms with Gasteiger partial charge in [-0.2, -0.15) is 0 Å². The monoisotopic (exact) mass is 442 g/mol. The largest absolute Gasteiger partial charge is 0.466 e. The zero-order valence-corrected chi connectivity index (χ0v) is 18.6. The molecule has 0 spiro atoms. The number of allylic oxidation sites excluding steroid dienone is 2. The van der Waals surface area contributed by atoms with Crippen molar-refractivity contribution in [1.29, 1.82) is 0 Å². The summed E-state index contributed by atoms with van der Waals surface area (Å²) in [6.07, 6.45) is 9.96. The molecule has 0 unspecified atom stereocenters. The van der Waals surface area contributed by atoms with Gasteiger partial charge in [0.25, 0.3) is 0 Å². The molecule has 2 aromatic carbocycles. The van der Waals surface area contributed by atoms with Crippen LogP contribution in [-0.4, -0.2) is 38.9 Å². The quantitative estimate of drug-likeness (QED) is 0.611. The van der Waals surface area contributed by atoms with Crippen LogP contribution in [0.5, 0.6) is 0 Å². The summed E-state index contributed by atoms with van der Waals surface area (Å²) in [6, 6.07) is 20.0. The van der Waals surface area contributed by atoms with Crippen molar-refractivity contribution in [3.05, 3.63) is 107 Å². The van der Waals surface area contributed by atoms with E-state index in [0.29, 0.717) is 5.57 Å². The number of fused-ring (bicyclic) bond motifs is 1. The average molecular weight is 443 g/mol. The molecule has 1 aliphatic carbocycles. The molecule has 3 atom stereocenters. The molecule has 5 heteroatoms. The van der Waals surface area contributed by atoms with E-state index in [2.05, 4.69) is 24.3 Å². The molecule has 0 saturated heterocycles. The Morgan fingerprint density at radius 3 is 2.00 bits per heavy atom. The van der Waals surface area contributed by atoms with Gasteiger partial charge in [-0.3, -0.25) is 0 Å². The third-order valence-corrected chi connectivity index (χ3v) is 5.91. The zero-order valence-electron chi connectivity index (χ0n) is 18.6. The molecule has 2 aromatic rings. The van der Waals surface area contributed by atoms with Crippen LogP contribution in [0.4, 0.5) is 0 Å². The van der Waals surface area contributed by atoms with E-state index in [4.69, 9.17) is 14.2 Å². The molecule has 33 heavy (non-hydrogen) atoms. The van der Waals surface area contributed by atoms with Gasteiger partial charge in [0.2, 0.25) is 0 Å². The van der Waals surface area contributed by atoms with Crippen molar-refractivity contribution >= 4 is 24.1 Å². The number of carbonyl (C=O) groups excluding carboxylic acids is 2. The van der Waals surface area contributed by atoms with Crippen molar-refractivity contribution in [1.82, 2.24) is 0 Å². The van der Waals surface area contributed by atoms with E-state index >= 15 is 0 Å². The van der Waals surface area contributed by atoms with E-state index in [0.717, 1.165) is 11.1 Å². The maximum absolute atomic E-state index is 12.7. The maximum atomic E-state index is 12.7. The molecule has 0 aromatic heterocycles. The lowest BCUT2D eigenvalue weighted by Crippen LogP contribution is -2.34. The molecule has 1 heterocycles. The lowest BCUT2D eigenvalue weighted by atomic mass is 9.88. The highest BCUT2D eigenvalue weighted by molar-refractivity contribution is 6.04. The van der Waals surface area contributed by atoms with Gasteiger partial charge >= 0.3 is 11.9 Å². The second kappa shape index (κ2) is 10.3. The number of hydrogen-bond acceptors (Lipinski definition) is 5. The van der Waals surface area contributed by atoms with E-state index in [1.165, 1.54) is 14.2 Å². The molecule has 5 nitrogen and oxygen atoms in total. The Balaban J connectivity index is 1.74. The van der Waals surface area contributed by atoms with Gasteiger partial charge in [-0.25, -0.2) is 9.59 Å². The Kier molecular flexibility index (Phi) is 7.01. The molecule has 2 aliphatic rings. The maximum Gasteiger partial charge on any atom is 0.338 e. The summed E-state index contributed by atoms with van der Waals surface area (Å²) in [5, 5.41) is 0. The van der Waals surface area contributed by atoms with Crippen LogP contribution in [0.15, 0.2) is 95.6 Å². The number of carbonyl (C=O) groups is 2. The lowest BCUT2D eigenvalue weighted by molar-refractivity contribution is -0.140. The molecule has 4 rings (SSSR count).